The number of aromatic nitrogens is 1. The molecule has 2 N–H and O–H groups in total. The summed E-state index contributed by atoms with van der Waals surface area (Å²) in [5.41, 5.74) is 5.52. The van der Waals surface area contributed by atoms with Crippen molar-refractivity contribution in [2.75, 3.05) is 44.4 Å². The minimum atomic E-state index is 0.644. The summed E-state index contributed by atoms with van der Waals surface area (Å²) in [6.45, 7) is 4.56. The topological polar surface area (TPSA) is 60.6 Å². The zero-order chi connectivity index (χ0) is 14.5. The molecule has 2 heterocycles. The van der Waals surface area contributed by atoms with Gasteiger partial charge in [0.15, 0.2) is 0 Å². The van der Waals surface area contributed by atoms with Crippen LogP contribution < -0.4 is 15.4 Å². The number of rotatable bonds is 5. The number of nitrogens with zero attached hydrogens (tertiary/aromatic N) is 2. The van der Waals surface area contributed by atoms with Gasteiger partial charge in [-0.1, -0.05) is 12.1 Å². The fraction of sp³-hybridized carbons (Fsp3) is 0.438. The highest BCUT2D eigenvalue weighted by molar-refractivity contribution is 5.96. The number of nitrogens with two attached hydrogens (primary N) is 1. The molecule has 0 bridgehead atoms. The zero-order valence-electron chi connectivity index (χ0n) is 12.1. The van der Waals surface area contributed by atoms with Crippen LogP contribution >= 0.6 is 0 Å². The first-order valence-corrected chi connectivity index (χ1v) is 7.43. The van der Waals surface area contributed by atoms with E-state index in [0.29, 0.717) is 13.2 Å². The number of pyridine rings is 1. The molecule has 5 heteroatoms. The maximum atomic E-state index is 5.85. The smallest absolute Gasteiger partial charge is 0.136 e. The molecular weight excluding hydrogens is 266 g/mol. The first-order chi connectivity index (χ1) is 10.4. The van der Waals surface area contributed by atoms with Crippen molar-refractivity contribution in [2.45, 2.75) is 6.42 Å². The standard InChI is InChI=1S/C16H21N3O2/c17-6-2-10-21-15-4-1-3-14-13(15)5-7-18-16(14)19-8-11-20-12-9-19/h1,3-5,7H,2,6,8-12,17H2. The Labute approximate surface area is 124 Å². The highest BCUT2D eigenvalue weighted by atomic mass is 16.5. The van der Waals surface area contributed by atoms with Crippen molar-refractivity contribution < 1.29 is 9.47 Å². The van der Waals surface area contributed by atoms with Crippen LogP contribution in [0, 0.1) is 0 Å². The van der Waals surface area contributed by atoms with E-state index in [-0.39, 0.29) is 0 Å². The molecule has 21 heavy (non-hydrogen) atoms. The van der Waals surface area contributed by atoms with Crippen molar-refractivity contribution in [1.82, 2.24) is 4.98 Å². The SMILES string of the molecule is NCCCOc1cccc2c(N3CCOCC3)nccc12. The van der Waals surface area contributed by atoms with E-state index in [0.717, 1.165) is 55.1 Å². The van der Waals surface area contributed by atoms with Gasteiger partial charge in [0.2, 0.25) is 0 Å². The third-order valence-corrected chi connectivity index (χ3v) is 3.66. The van der Waals surface area contributed by atoms with E-state index in [1.54, 1.807) is 0 Å². The van der Waals surface area contributed by atoms with E-state index in [1.165, 1.54) is 0 Å². The maximum Gasteiger partial charge on any atom is 0.136 e. The number of benzene rings is 1. The molecule has 1 aliphatic heterocycles. The molecular formula is C16H21N3O2. The Balaban J connectivity index is 1.93. The summed E-state index contributed by atoms with van der Waals surface area (Å²) < 4.78 is 11.3. The van der Waals surface area contributed by atoms with Crippen LogP contribution in [-0.4, -0.2) is 44.4 Å². The molecule has 2 aromatic rings. The highest BCUT2D eigenvalue weighted by Crippen LogP contribution is 2.31. The molecule has 0 spiro atoms. The van der Waals surface area contributed by atoms with Crippen LogP contribution in [0.2, 0.25) is 0 Å². The molecule has 0 radical (unpaired) electrons. The fourth-order valence-electron chi connectivity index (χ4n) is 2.58. The maximum absolute atomic E-state index is 5.85. The van der Waals surface area contributed by atoms with Crippen molar-refractivity contribution in [3.63, 3.8) is 0 Å². The Bertz CT molecular complexity index is 597. The Morgan fingerprint density at radius 2 is 2.05 bits per heavy atom. The van der Waals surface area contributed by atoms with Gasteiger partial charge in [0.1, 0.15) is 11.6 Å². The second-order valence-corrected chi connectivity index (χ2v) is 5.08. The molecule has 1 saturated heterocycles. The lowest BCUT2D eigenvalue weighted by molar-refractivity contribution is 0.122. The molecule has 0 aliphatic carbocycles. The average molecular weight is 287 g/mol. The van der Waals surface area contributed by atoms with Gasteiger partial charge in [-0.15, -0.1) is 0 Å². The van der Waals surface area contributed by atoms with E-state index >= 15 is 0 Å². The van der Waals surface area contributed by atoms with E-state index in [2.05, 4.69) is 16.0 Å². The van der Waals surface area contributed by atoms with Gasteiger partial charge < -0.3 is 20.1 Å². The van der Waals surface area contributed by atoms with Crippen LogP contribution in [0.15, 0.2) is 30.5 Å². The van der Waals surface area contributed by atoms with Crippen LogP contribution in [0.25, 0.3) is 10.8 Å². The van der Waals surface area contributed by atoms with Gasteiger partial charge in [-0.2, -0.15) is 0 Å². The average Bonchev–Trinajstić information content (AvgIpc) is 2.55. The first-order valence-electron chi connectivity index (χ1n) is 7.43. The number of morpholine rings is 1. The van der Waals surface area contributed by atoms with Crippen LogP contribution in [0.1, 0.15) is 6.42 Å². The number of ether oxygens (including phenoxy) is 2. The van der Waals surface area contributed by atoms with Crippen LogP contribution in [0.4, 0.5) is 5.82 Å². The minimum absolute atomic E-state index is 0.644. The molecule has 1 aromatic carbocycles. The van der Waals surface area contributed by atoms with Gasteiger partial charge >= 0.3 is 0 Å². The number of fused-ring (bicyclic) bond motifs is 1. The van der Waals surface area contributed by atoms with E-state index in [9.17, 15) is 0 Å². The molecule has 1 aromatic heterocycles. The predicted octanol–water partition coefficient (Wildman–Crippen LogP) is 1.80. The highest BCUT2D eigenvalue weighted by Gasteiger charge is 2.16. The second-order valence-electron chi connectivity index (χ2n) is 5.08. The molecule has 3 rings (SSSR count). The number of hydrogen-bond donors (Lipinski definition) is 1. The minimum Gasteiger partial charge on any atom is -0.493 e. The number of hydrogen-bond acceptors (Lipinski definition) is 5. The van der Waals surface area contributed by atoms with Crippen molar-refractivity contribution in [2.24, 2.45) is 5.73 Å². The summed E-state index contributed by atoms with van der Waals surface area (Å²) in [6, 6.07) is 8.13. The van der Waals surface area contributed by atoms with Crippen molar-refractivity contribution in [1.29, 1.82) is 0 Å². The largest absolute Gasteiger partial charge is 0.493 e. The van der Waals surface area contributed by atoms with Gasteiger partial charge in [0.05, 0.1) is 19.8 Å². The lowest BCUT2D eigenvalue weighted by Gasteiger charge is -2.28. The fourth-order valence-corrected chi connectivity index (χ4v) is 2.58. The summed E-state index contributed by atoms with van der Waals surface area (Å²) in [4.78, 5) is 6.84. The first kappa shape index (κ1) is 14.1. The Morgan fingerprint density at radius 3 is 2.86 bits per heavy atom. The molecule has 0 atom stereocenters. The molecule has 112 valence electrons. The molecule has 5 nitrogen and oxygen atoms in total. The molecule has 0 amide bonds. The lowest BCUT2D eigenvalue weighted by atomic mass is 10.1. The van der Waals surface area contributed by atoms with Gasteiger partial charge in [0, 0.05) is 30.1 Å². The summed E-state index contributed by atoms with van der Waals surface area (Å²) in [5.74, 6) is 1.91. The lowest BCUT2D eigenvalue weighted by Crippen LogP contribution is -2.36. The molecule has 1 aliphatic rings. The van der Waals surface area contributed by atoms with E-state index in [4.69, 9.17) is 15.2 Å². The summed E-state index contributed by atoms with van der Waals surface area (Å²) in [5, 5.41) is 2.23. The quantitative estimate of drug-likeness (QED) is 0.850. The Hall–Kier alpha value is -1.85. The van der Waals surface area contributed by atoms with E-state index < -0.39 is 0 Å². The molecule has 1 fully saturated rings. The zero-order valence-corrected chi connectivity index (χ0v) is 12.1. The van der Waals surface area contributed by atoms with Crippen LogP contribution in [-0.2, 0) is 4.74 Å². The van der Waals surface area contributed by atoms with Crippen molar-refractivity contribution >= 4 is 16.6 Å². The van der Waals surface area contributed by atoms with Gasteiger partial charge in [-0.05, 0) is 25.1 Å². The summed E-state index contributed by atoms with van der Waals surface area (Å²) in [7, 11) is 0. The van der Waals surface area contributed by atoms with Crippen molar-refractivity contribution in [3.05, 3.63) is 30.5 Å². The van der Waals surface area contributed by atoms with E-state index in [1.807, 2.05) is 24.4 Å². The third kappa shape index (κ3) is 3.09. The molecule has 0 unspecified atom stereocenters. The number of anilines is 1. The Morgan fingerprint density at radius 1 is 1.19 bits per heavy atom. The monoisotopic (exact) mass is 287 g/mol. The second kappa shape index (κ2) is 6.74. The third-order valence-electron chi connectivity index (χ3n) is 3.66. The van der Waals surface area contributed by atoms with Gasteiger partial charge in [-0.3, -0.25) is 0 Å². The molecule has 0 saturated carbocycles. The normalized spacial score (nSPS) is 15.4. The van der Waals surface area contributed by atoms with Crippen LogP contribution in [0.3, 0.4) is 0 Å². The summed E-state index contributed by atoms with van der Waals surface area (Å²) in [6.07, 6.45) is 2.71. The predicted molar refractivity (Wildman–Crippen MR) is 83.9 cm³/mol. The van der Waals surface area contributed by atoms with Crippen molar-refractivity contribution in [3.8, 4) is 5.75 Å². The Kier molecular flexibility index (Phi) is 4.52. The summed E-state index contributed by atoms with van der Waals surface area (Å²) >= 11 is 0. The van der Waals surface area contributed by atoms with Gasteiger partial charge in [0.25, 0.3) is 0 Å². The van der Waals surface area contributed by atoms with Gasteiger partial charge in [-0.25, -0.2) is 4.98 Å². The van der Waals surface area contributed by atoms with Crippen LogP contribution in [0.5, 0.6) is 5.75 Å².